The predicted octanol–water partition coefficient (Wildman–Crippen LogP) is 3.31. The quantitative estimate of drug-likeness (QED) is 0.887. The van der Waals surface area contributed by atoms with Crippen molar-refractivity contribution in [3.05, 3.63) is 36.7 Å². The fraction of sp³-hybridized carbons (Fsp3) is 0.444. The van der Waals surface area contributed by atoms with Gasteiger partial charge in [0.25, 0.3) is 0 Å². The molecule has 0 bridgehead atoms. The van der Waals surface area contributed by atoms with Crippen LogP contribution in [-0.2, 0) is 4.74 Å². The molecule has 120 valence electrons. The van der Waals surface area contributed by atoms with Gasteiger partial charge >= 0.3 is 0 Å². The number of nitrogens with one attached hydrogen (secondary N) is 2. The summed E-state index contributed by atoms with van der Waals surface area (Å²) in [6, 6.07) is 9.11. The normalized spacial score (nSPS) is 18.6. The molecular formula is C18H22N4O. The predicted molar refractivity (Wildman–Crippen MR) is 91.6 cm³/mol. The van der Waals surface area contributed by atoms with Crippen molar-refractivity contribution < 1.29 is 4.74 Å². The number of rotatable bonds is 5. The molecule has 2 fully saturated rings. The third-order valence-electron chi connectivity index (χ3n) is 4.57. The summed E-state index contributed by atoms with van der Waals surface area (Å²) in [5.41, 5.74) is 3.14. The number of hydrogen-bond acceptors (Lipinski definition) is 5. The lowest BCUT2D eigenvalue weighted by Gasteiger charge is -2.29. The second-order valence-electron chi connectivity index (χ2n) is 6.33. The lowest BCUT2D eigenvalue weighted by Crippen LogP contribution is -2.40. The number of ether oxygens (including phenoxy) is 1. The average molecular weight is 310 g/mol. The van der Waals surface area contributed by atoms with Crippen molar-refractivity contribution in [1.82, 2.24) is 9.97 Å². The van der Waals surface area contributed by atoms with Crippen LogP contribution in [0.2, 0.25) is 0 Å². The molecule has 2 N–H and O–H groups in total. The summed E-state index contributed by atoms with van der Waals surface area (Å²) in [4.78, 5) is 8.96. The molecular weight excluding hydrogens is 288 g/mol. The van der Waals surface area contributed by atoms with Crippen molar-refractivity contribution in [1.29, 1.82) is 0 Å². The molecule has 0 radical (unpaired) electrons. The Hall–Kier alpha value is -2.14. The van der Waals surface area contributed by atoms with E-state index < -0.39 is 0 Å². The van der Waals surface area contributed by atoms with E-state index in [0.717, 1.165) is 36.0 Å². The number of aromatic nitrogens is 2. The molecule has 0 aromatic carbocycles. The van der Waals surface area contributed by atoms with E-state index >= 15 is 0 Å². The van der Waals surface area contributed by atoms with Crippen LogP contribution in [0.15, 0.2) is 36.7 Å². The van der Waals surface area contributed by atoms with Gasteiger partial charge in [-0.2, -0.15) is 0 Å². The average Bonchev–Trinajstić information content (AvgIpc) is 3.06. The first-order valence-corrected chi connectivity index (χ1v) is 8.41. The van der Waals surface area contributed by atoms with Gasteiger partial charge in [0.1, 0.15) is 5.82 Å². The Labute approximate surface area is 136 Å². The van der Waals surface area contributed by atoms with Crippen molar-refractivity contribution in [2.24, 2.45) is 0 Å². The largest absolute Gasteiger partial charge is 0.377 e. The van der Waals surface area contributed by atoms with Crippen LogP contribution in [-0.4, -0.2) is 35.3 Å². The van der Waals surface area contributed by atoms with Crippen molar-refractivity contribution in [2.45, 2.75) is 37.8 Å². The SMILES string of the molecule is c1cc(-c2ccc(NC3COC3)c(NC3CCCC3)n2)ccn1. The van der Waals surface area contributed by atoms with Gasteiger partial charge in [0.2, 0.25) is 0 Å². The van der Waals surface area contributed by atoms with Gasteiger partial charge in [0.05, 0.1) is 30.6 Å². The lowest BCUT2D eigenvalue weighted by molar-refractivity contribution is 0.0211. The summed E-state index contributed by atoms with van der Waals surface area (Å²) in [6.07, 6.45) is 8.68. The maximum atomic E-state index is 5.26. The first-order chi connectivity index (χ1) is 11.4. The fourth-order valence-corrected chi connectivity index (χ4v) is 3.17. The van der Waals surface area contributed by atoms with Crippen LogP contribution < -0.4 is 10.6 Å². The smallest absolute Gasteiger partial charge is 0.150 e. The van der Waals surface area contributed by atoms with Crippen molar-refractivity contribution in [3.8, 4) is 11.3 Å². The molecule has 1 aliphatic carbocycles. The minimum Gasteiger partial charge on any atom is -0.377 e. The Bertz CT molecular complexity index is 651. The number of nitrogens with zero attached hydrogens (tertiary/aromatic N) is 2. The highest BCUT2D eigenvalue weighted by molar-refractivity contribution is 5.71. The summed E-state index contributed by atoms with van der Waals surface area (Å²) in [5.74, 6) is 0.957. The highest BCUT2D eigenvalue weighted by atomic mass is 16.5. The third-order valence-corrected chi connectivity index (χ3v) is 4.57. The molecule has 0 unspecified atom stereocenters. The molecule has 1 saturated carbocycles. The summed E-state index contributed by atoms with van der Waals surface area (Å²) in [6.45, 7) is 1.55. The molecule has 1 saturated heterocycles. The maximum absolute atomic E-state index is 5.26. The van der Waals surface area contributed by atoms with Crippen LogP contribution in [0, 0.1) is 0 Å². The maximum Gasteiger partial charge on any atom is 0.150 e. The van der Waals surface area contributed by atoms with Crippen molar-refractivity contribution in [2.75, 3.05) is 23.8 Å². The molecule has 1 aliphatic heterocycles. The van der Waals surface area contributed by atoms with E-state index in [2.05, 4.69) is 27.8 Å². The molecule has 2 aromatic rings. The van der Waals surface area contributed by atoms with Gasteiger partial charge in [0.15, 0.2) is 0 Å². The summed E-state index contributed by atoms with van der Waals surface area (Å²) in [7, 11) is 0. The molecule has 23 heavy (non-hydrogen) atoms. The van der Waals surface area contributed by atoms with E-state index in [0.29, 0.717) is 12.1 Å². The Kier molecular flexibility index (Phi) is 4.11. The van der Waals surface area contributed by atoms with E-state index in [1.54, 1.807) is 12.4 Å². The van der Waals surface area contributed by atoms with Gasteiger partial charge in [-0.25, -0.2) is 4.98 Å². The third kappa shape index (κ3) is 3.29. The Morgan fingerprint density at radius 1 is 0.913 bits per heavy atom. The van der Waals surface area contributed by atoms with Crippen LogP contribution in [0.1, 0.15) is 25.7 Å². The summed E-state index contributed by atoms with van der Waals surface area (Å²) < 4.78 is 5.26. The summed E-state index contributed by atoms with van der Waals surface area (Å²) >= 11 is 0. The number of pyridine rings is 2. The zero-order valence-corrected chi connectivity index (χ0v) is 13.2. The van der Waals surface area contributed by atoms with Gasteiger partial charge in [-0.05, 0) is 37.1 Å². The van der Waals surface area contributed by atoms with Gasteiger partial charge in [-0.1, -0.05) is 12.8 Å². The van der Waals surface area contributed by atoms with Crippen molar-refractivity contribution >= 4 is 11.5 Å². The van der Waals surface area contributed by atoms with Crippen molar-refractivity contribution in [3.63, 3.8) is 0 Å². The minimum absolute atomic E-state index is 0.396. The molecule has 0 atom stereocenters. The second-order valence-corrected chi connectivity index (χ2v) is 6.33. The first-order valence-electron chi connectivity index (χ1n) is 8.41. The van der Waals surface area contributed by atoms with Gasteiger partial charge in [0, 0.05) is 24.0 Å². The van der Waals surface area contributed by atoms with Crippen LogP contribution in [0.25, 0.3) is 11.3 Å². The van der Waals surface area contributed by atoms with E-state index in [4.69, 9.17) is 9.72 Å². The highest BCUT2D eigenvalue weighted by Crippen LogP contribution is 2.29. The zero-order chi connectivity index (χ0) is 15.5. The molecule has 2 aromatic heterocycles. The standard InChI is InChI=1S/C18H22N4O/c1-2-4-14(3-1)21-18-17(20-15-11-23-12-15)6-5-16(22-18)13-7-9-19-10-8-13/h5-10,14-15,20H,1-4,11-12H2,(H,21,22). The monoisotopic (exact) mass is 310 g/mol. The molecule has 5 nitrogen and oxygen atoms in total. The molecule has 4 rings (SSSR count). The van der Waals surface area contributed by atoms with E-state index in [9.17, 15) is 0 Å². The number of hydrogen-bond donors (Lipinski definition) is 2. The van der Waals surface area contributed by atoms with Crippen LogP contribution in [0.3, 0.4) is 0 Å². The van der Waals surface area contributed by atoms with Gasteiger partial charge in [-0.3, -0.25) is 4.98 Å². The molecule has 3 heterocycles. The highest BCUT2D eigenvalue weighted by Gasteiger charge is 2.22. The van der Waals surface area contributed by atoms with E-state index in [1.807, 2.05) is 12.1 Å². The molecule has 5 heteroatoms. The Morgan fingerprint density at radius 3 is 2.39 bits per heavy atom. The fourth-order valence-electron chi connectivity index (χ4n) is 3.17. The summed E-state index contributed by atoms with van der Waals surface area (Å²) in [5, 5.41) is 7.18. The lowest BCUT2D eigenvalue weighted by atomic mass is 10.1. The van der Waals surface area contributed by atoms with Gasteiger partial charge < -0.3 is 15.4 Å². The topological polar surface area (TPSA) is 59.1 Å². The van der Waals surface area contributed by atoms with E-state index in [-0.39, 0.29) is 0 Å². The van der Waals surface area contributed by atoms with Gasteiger partial charge in [-0.15, -0.1) is 0 Å². The van der Waals surface area contributed by atoms with Crippen LogP contribution in [0.4, 0.5) is 11.5 Å². The zero-order valence-electron chi connectivity index (χ0n) is 13.2. The van der Waals surface area contributed by atoms with Crippen LogP contribution in [0.5, 0.6) is 0 Å². The Morgan fingerprint density at radius 2 is 1.70 bits per heavy atom. The minimum atomic E-state index is 0.396. The molecule has 2 aliphatic rings. The van der Waals surface area contributed by atoms with E-state index in [1.165, 1.54) is 25.7 Å². The molecule has 0 amide bonds. The first kappa shape index (κ1) is 14.5. The number of anilines is 2. The second kappa shape index (κ2) is 6.54. The Balaban J connectivity index is 1.62. The van der Waals surface area contributed by atoms with Crippen LogP contribution >= 0.6 is 0 Å². The molecule has 0 spiro atoms.